The number of halogens is 2. The van der Waals surface area contributed by atoms with Crippen molar-refractivity contribution in [1.29, 1.82) is 0 Å². The predicted molar refractivity (Wildman–Crippen MR) is 109 cm³/mol. The van der Waals surface area contributed by atoms with E-state index in [-0.39, 0.29) is 23.5 Å². The summed E-state index contributed by atoms with van der Waals surface area (Å²) in [6.45, 7) is 3.06. The molecule has 0 N–H and O–H groups in total. The van der Waals surface area contributed by atoms with E-state index in [4.69, 9.17) is 14.2 Å². The van der Waals surface area contributed by atoms with Crippen LogP contribution in [-0.4, -0.2) is 20.3 Å². The van der Waals surface area contributed by atoms with Crippen LogP contribution in [-0.2, 0) is 11.2 Å². The molecule has 1 fully saturated rings. The number of hydrogen-bond donors (Lipinski definition) is 0. The lowest BCUT2D eigenvalue weighted by molar-refractivity contribution is -0.0289. The van der Waals surface area contributed by atoms with Crippen LogP contribution in [0.15, 0.2) is 36.4 Å². The zero-order valence-corrected chi connectivity index (χ0v) is 17.3. The van der Waals surface area contributed by atoms with E-state index in [0.717, 1.165) is 19.3 Å². The second-order valence-electron chi connectivity index (χ2n) is 7.67. The fourth-order valence-corrected chi connectivity index (χ4v) is 3.67. The normalized spacial score (nSPS) is 19.2. The first-order chi connectivity index (χ1) is 14.1. The number of rotatable bonds is 9. The Morgan fingerprint density at radius 3 is 2.34 bits per heavy atom. The summed E-state index contributed by atoms with van der Waals surface area (Å²) >= 11 is 0. The molecule has 0 spiro atoms. The summed E-state index contributed by atoms with van der Waals surface area (Å²) in [5, 5.41) is 0. The summed E-state index contributed by atoms with van der Waals surface area (Å²) in [5.41, 5.74) is 2.57. The van der Waals surface area contributed by atoms with Crippen molar-refractivity contribution in [2.45, 2.75) is 51.6 Å². The van der Waals surface area contributed by atoms with Gasteiger partial charge in [0.15, 0.2) is 11.5 Å². The molecule has 2 aromatic rings. The van der Waals surface area contributed by atoms with Crippen LogP contribution in [0.4, 0.5) is 8.78 Å². The molecule has 2 atom stereocenters. The van der Waals surface area contributed by atoms with Gasteiger partial charge in [0.05, 0.1) is 26.4 Å². The quantitative estimate of drug-likeness (QED) is 0.462. The van der Waals surface area contributed by atoms with Gasteiger partial charge in [0.25, 0.3) is 0 Å². The highest BCUT2D eigenvalue weighted by Crippen LogP contribution is 2.32. The molecule has 1 aliphatic rings. The minimum atomic E-state index is -1.02. The van der Waals surface area contributed by atoms with Crippen LogP contribution < -0.4 is 9.47 Å². The Kier molecular flexibility index (Phi) is 7.87. The van der Waals surface area contributed by atoms with Gasteiger partial charge in [-0.2, -0.15) is 8.78 Å². The molecule has 3 rings (SSSR count). The smallest absolute Gasteiger partial charge is 0.204 e. The highest BCUT2D eigenvalue weighted by atomic mass is 19.2. The van der Waals surface area contributed by atoms with E-state index in [0.29, 0.717) is 13.2 Å². The molecule has 1 aliphatic heterocycles. The van der Waals surface area contributed by atoms with E-state index in [1.54, 1.807) is 0 Å². The minimum absolute atomic E-state index is 0.0890. The van der Waals surface area contributed by atoms with Crippen molar-refractivity contribution < 1.29 is 23.0 Å². The molecule has 158 valence electrons. The van der Waals surface area contributed by atoms with E-state index in [1.807, 2.05) is 0 Å². The molecule has 0 aromatic heterocycles. The fourth-order valence-electron chi connectivity index (χ4n) is 3.67. The van der Waals surface area contributed by atoms with E-state index in [9.17, 15) is 8.78 Å². The first kappa shape index (κ1) is 21.6. The third-order valence-corrected chi connectivity index (χ3v) is 5.50. The maximum Gasteiger partial charge on any atom is 0.204 e. The lowest BCUT2D eigenvalue weighted by Crippen LogP contribution is -2.25. The second kappa shape index (κ2) is 10.6. The van der Waals surface area contributed by atoms with Gasteiger partial charge in [-0.3, -0.25) is 0 Å². The summed E-state index contributed by atoms with van der Waals surface area (Å²) < 4.78 is 44.1. The molecule has 3 nitrogen and oxygen atoms in total. The van der Waals surface area contributed by atoms with Gasteiger partial charge in [0.2, 0.25) is 11.6 Å². The lowest BCUT2D eigenvalue weighted by atomic mass is 9.94. The van der Waals surface area contributed by atoms with Crippen LogP contribution >= 0.6 is 0 Å². The maximum absolute atomic E-state index is 14.0. The van der Waals surface area contributed by atoms with Crippen molar-refractivity contribution in [2.24, 2.45) is 5.92 Å². The Balaban J connectivity index is 1.46. The SMILES string of the molecule is CCCCCc1ccc(C2CCC(COc3ccc(OC)c(F)c3F)CO2)cc1. The molecule has 1 heterocycles. The Morgan fingerprint density at radius 2 is 1.69 bits per heavy atom. The van der Waals surface area contributed by atoms with Crippen LogP contribution in [0.3, 0.4) is 0 Å². The third kappa shape index (κ3) is 5.69. The van der Waals surface area contributed by atoms with Gasteiger partial charge in [-0.1, -0.05) is 44.0 Å². The average Bonchev–Trinajstić information content (AvgIpc) is 2.76. The van der Waals surface area contributed by atoms with Crippen LogP contribution in [0, 0.1) is 17.6 Å². The minimum Gasteiger partial charge on any atom is -0.494 e. The van der Waals surface area contributed by atoms with Crippen molar-refractivity contribution in [3.8, 4) is 11.5 Å². The average molecular weight is 404 g/mol. The van der Waals surface area contributed by atoms with Gasteiger partial charge >= 0.3 is 0 Å². The monoisotopic (exact) mass is 404 g/mol. The molecule has 5 heteroatoms. The van der Waals surface area contributed by atoms with Crippen molar-refractivity contribution in [3.05, 3.63) is 59.2 Å². The maximum atomic E-state index is 14.0. The molecule has 0 radical (unpaired) electrons. The van der Waals surface area contributed by atoms with Crippen molar-refractivity contribution in [1.82, 2.24) is 0 Å². The van der Waals surface area contributed by atoms with Gasteiger partial charge in [0, 0.05) is 5.92 Å². The number of ether oxygens (including phenoxy) is 3. The summed E-state index contributed by atoms with van der Waals surface area (Å²) in [6.07, 6.45) is 6.76. The van der Waals surface area contributed by atoms with Gasteiger partial charge in [-0.05, 0) is 48.9 Å². The zero-order chi connectivity index (χ0) is 20.6. The van der Waals surface area contributed by atoms with Crippen molar-refractivity contribution in [2.75, 3.05) is 20.3 Å². The third-order valence-electron chi connectivity index (χ3n) is 5.50. The Bertz CT molecular complexity index is 768. The summed E-state index contributed by atoms with van der Waals surface area (Å²) in [6, 6.07) is 11.5. The number of unbranched alkanes of at least 4 members (excludes halogenated alkanes) is 2. The molecule has 0 amide bonds. The predicted octanol–water partition coefficient (Wildman–Crippen LogP) is 6.25. The number of hydrogen-bond acceptors (Lipinski definition) is 3. The van der Waals surface area contributed by atoms with Crippen LogP contribution in [0.1, 0.15) is 56.3 Å². The van der Waals surface area contributed by atoms with Crippen molar-refractivity contribution >= 4 is 0 Å². The summed E-state index contributed by atoms with van der Waals surface area (Å²) in [4.78, 5) is 0. The Labute approximate surface area is 172 Å². The lowest BCUT2D eigenvalue weighted by Gasteiger charge is -2.29. The molecular formula is C24H30F2O3. The van der Waals surface area contributed by atoms with Gasteiger partial charge in [-0.25, -0.2) is 0 Å². The highest BCUT2D eigenvalue weighted by Gasteiger charge is 2.24. The standard InChI is InChI=1S/C24H30F2O3/c1-3-4-5-6-17-7-10-19(11-8-17)20-12-9-18(15-28-20)16-29-22-14-13-21(27-2)23(25)24(22)26/h7-8,10-11,13-14,18,20H,3-6,9,12,15-16H2,1-2H3. The number of methoxy groups -OCH3 is 1. The molecule has 0 saturated carbocycles. The zero-order valence-electron chi connectivity index (χ0n) is 17.3. The van der Waals surface area contributed by atoms with E-state index in [1.165, 1.54) is 49.6 Å². The summed E-state index contributed by atoms with van der Waals surface area (Å²) in [5.74, 6) is -2.11. The Hall–Kier alpha value is -2.14. The molecule has 2 unspecified atom stereocenters. The molecule has 0 bridgehead atoms. The van der Waals surface area contributed by atoms with Gasteiger partial charge in [0.1, 0.15) is 0 Å². The number of benzene rings is 2. The largest absolute Gasteiger partial charge is 0.494 e. The van der Waals surface area contributed by atoms with E-state index in [2.05, 4.69) is 31.2 Å². The Morgan fingerprint density at radius 1 is 0.966 bits per heavy atom. The molecule has 29 heavy (non-hydrogen) atoms. The van der Waals surface area contributed by atoms with E-state index < -0.39 is 11.6 Å². The van der Waals surface area contributed by atoms with Crippen LogP contribution in [0.5, 0.6) is 11.5 Å². The highest BCUT2D eigenvalue weighted by molar-refractivity contribution is 5.35. The fraction of sp³-hybridized carbons (Fsp3) is 0.500. The first-order valence-corrected chi connectivity index (χ1v) is 10.5. The second-order valence-corrected chi connectivity index (χ2v) is 7.67. The van der Waals surface area contributed by atoms with Crippen LogP contribution in [0.25, 0.3) is 0 Å². The number of aryl methyl sites for hydroxylation is 1. The van der Waals surface area contributed by atoms with Gasteiger partial charge < -0.3 is 14.2 Å². The topological polar surface area (TPSA) is 27.7 Å². The first-order valence-electron chi connectivity index (χ1n) is 10.5. The van der Waals surface area contributed by atoms with Crippen molar-refractivity contribution in [3.63, 3.8) is 0 Å². The summed E-state index contributed by atoms with van der Waals surface area (Å²) in [7, 11) is 1.30. The van der Waals surface area contributed by atoms with E-state index >= 15 is 0 Å². The molecule has 0 aliphatic carbocycles. The molecule has 2 aromatic carbocycles. The van der Waals surface area contributed by atoms with Gasteiger partial charge in [-0.15, -0.1) is 0 Å². The molecule has 1 saturated heterocycles. The molecular weight excluding hydrogens is 374 g/mol. The van der Waals surface area contributed by atoms with Crippen LogP contribution in [0.2, 0.25) is 0 Å².